The Balaban J connectivity index is 2.23. The van der Waals surface area contributed by atoms with Gasteiger partial charge >= 0.3 is 0 Å². The molecule has 0 heterocycles. The van der Waals surface area contributed by atoms with Crippen LogP contribution in [0.4, 0.5) is 0 Å². The molecule has 1 aliphatic carbocycles. The summed E-state index contributed by atoms with van der Waals surface area (Å²) in [6, 6.07) is 0. The van der Waals surface area contributed by atoms with E-state index in [2.05, 4.69) is 6.08 Å². The van der Waals surface area contributed by atoms with E-state index in [1.807, 2.05) is 0 Å². The average Bonchev–Trinajstić information content (AvgIpc) is 2.03. The van der Waals surface area contributed by atoms with Crippen LogP contribution in [0, 0.1) is 0 Å². The Labute approximate surface area is 63.1 Å². The number of ether oxygens (including phenoxy) is 1. The molecule has 0 saturated heterocycles. The van der Waals surface area contributed by atoms with E-state index in [9.17, 15) is 0 Å². The lowest BCUT2D eigenvalue weighted by Crippen LogP contribution is -1.95. The van der Waals surface area contributed by atoms with Gasteiger partial charge in [-0.05, 0) is 25.7 Å². The summed E-state index contributed by atoms with van der Waals surface area (Å²) in [5.41, 5.74) is 1.60. The standard InChI is InChI=1S/C9H16O/c1-10-8-7-9-5-3-2-4-6-9/h7H,2-6,8H2,1H3. The van der Waals surface area contributed by atoms with Crippen molar-refractivity contribution in [2.24, 2.45) is 0 Å². The van der Waals surface area contributed by atoms with Crippen LogP contribution in [-0.4, -0.2) is 13.7 Å². The highest BCUT2D eigenvalue weighted by Gasteiger charge is 2.03. The van der Waals surface area contributed by atoms with Crippen LogP contribution < -0.4 is 0 Å². The van der Waals surface area contributed by atoms with Gasteiger partial charge in [-0.25, -0.2) is 0 Å². The Bertz CT molecular complexity index is 108. The minimum Gasteiger partial charge on any atom is -0.381 e. The van der Waals surface area contributed by atoms with Gasteiger partial charge in [-0.1, -0.05) is 18.1 Å². The second-order valence-electron chi connectivity index (χ2n) is 2.88. The van der Waals surface area contributed by atoms with Crippen LogP contribution in [0.25, 0.3) is 0 Å². The summed E-state index contributed by atoms with van der Waals surface area (Å²) in [6.45, 7) is 0.801. The van der Waals surface area contributed by atoms with E-state index in [1.54, 1.807) is 12.7 Å². The summed E-state index contributed by atoms with van der Waals surface area (Å²) < 4.78 is 4.97. The van der Waals surface area contributed by atoms with Crippen molar-refractivity contribution in [2.45, 2.75) is 32.1 Å². The fourth-order valence-electron chi connectivity index (χ4n) is 1.41. The molecular formula is C9H16O. The van der Waals surface area contributed by atoms with E-state index in [1.165, 1.54) is 32.1 Å². The Morgan fingerprint density at radius 2 is 2.00 bits per heavy atom. The molecule has 1 heteroatoms. The zero-order valence-corrected chi connectivity index (χ0v) is 6.73. The van der Waals surface area contributed by atoms with Crippen molar-refractivity contribution in [2.75, 3.05) is 13.7 Å². The maximum Gasteiger partial charge on any atom is 0.0646 e. The smallest absolute Gasteiger partial charge is 0.0646 e. The van der Waals surface area contributed by atoms with Crippen molar-refractivity contribution >= 4 is 0 Å². The topological polar surface area (TPSA) is 9.23 Å². The first-order valence-electron chi connectivity index (χ1n) is 4.10. The molecule has 0 aromatic carbocycles. The molecular weight excluding hydrogens is 124 g/mol. The van der Waals surface area contributed by atoms with E-state index >= 15 is 0 Å². The van der Waals surface area contributed by atoms with Crippen LogP contribution in [0.5, 0.6) is 0 Å². The molecule has 0 unspecified atom stereocenters. The van der Waals surface area contributed by atoms with Crippen molar-refractivity contribution in [3.63, 3.8) is 0 Å². The average molecular weight is 140 g/mol. The largest absolute Gasteiger partial charge is 0.381 e. The second-order valence-corrected chi connectivity index (χ2v) is 2.88. The molecule has 0 aliphatic heterocycles. The number of hydrogen-bond donors (Lipinski definition) is 0. The Morgan fingerprint density at radius 3 is 2.60 bits per heavy atom. The van der Waals surface area contributed by atoms with E-state index in [0.29, 0.717) is 0 Å². The molecule has 0 bridgehead atoms. The van der Waals surface area contributed by atoms with Crippen LogP contribution >= 0.6 is 0 Å². The van der Waals surface area contributed by atoms with Gasteiger partial charge < -0.3 is 4.74 Å². The van der Waals surface area contributed by atoms with Gasteiger partial charge in [0.05, 0.1) is 6.61 Å². The molecule has 0 spiro atoms. The predicted molar refractivity (Wildman–Crippen MR) is 43.0 cm³/mol. The van der Waals surface area contributed by atoms with Crippen molar-refractivity contribution in [1.29, 1.82) is 0 Å². The fourth-order valence-corrected chi connectivity index (χ4v) is 1.41. The van der Waals surface area contributed by atoms with Crippen molar-refractivity contribution in [1.82, 2.24) is 0 Å². The number of rotatable bonds is 2. The van der Waals surface area contributed by atoms with E-state index in [-0.39, 0.29) is 0 Å². The van der Waals surface area contributed by atoms with E-state index in [4.69, 9.17) is 4.74 Å². The minimum atomic E-state index is 0.801. The van der Waals surface area contributed by atoms with Crippen molar-refractivity contribution < 1.29 is 4.74 Å². The van der Waals surface area contributed by atoms with Crippen LogP contribution in [0.2, 0.25) is 0 Å². The van der Waals surface area contributed by atoms with Gasteiger partial charge in [0, 0.05) is 7.11 Å². The van der Waals surface area contributed by atoms with Crippen LogP contribution in [-0.2, 0) is 4.74 Å². The van der Waals surface area contributed by atoms with Gasteiger partial charge in [0.1, 0.15) is 0 Å². The van der Waals surface area contributed by atoms with Gasteiger partial charge in [0.15, 0.2) is 0 Å². The summed E-state index contributed by atoms with van der Waals surface area (Å²) >= 11 is 0. The molecule has 58 valence electrons. The normalized spacial score (nSPS) is 19.1. The molecule has 0 radical (unpaired) electrons. The third kappa shape index (κ3) is 2.53. The quantitative estimate of drug-likeness (QED) is 0.535. The molecule has 0 N–H and O–H groups in total. The summed E-state index contributed by atoms with van der Waals surface area (Å²) in [7, 11) is 1.75. The molecule has 0 atom stereocenters. The van der Waals surface area contributed by atoms with Gasteiger partial charge in [0.25, 0.3) is 0 Å². The fraction of sp³-hybridized carbons (Fsp3) is 0.778. The molecule has 1 fully saturated rings. The first-order chi connectivity index (χ1) is 4.93. The Hall–Kier alpha value is -0.300. The molecule has 10 heavy (non-hydrogen) atoms. The van der Waals surface area contributed by atoms with Crippen LogP contribution in [0.15, 0.2) is 11.6 Å². The molecule has 0 aromatic heterocycles. The highest BCUT2D eigenvalue weighted by molar-refractivity contribution is 5.03. The monoisotopic (exact) mass is 140 g/mol. The van der Waals surface area contributed by atoms with E-state index in [0.717, 1.165) is 6.61 Å². The zero-order chi connectivity index (χ0) is 7.23. The van der Waals surface area contributed by atoms with Crippen molar-refractivity contribution in [3.05, 3.63) is 11.6 Å². The number of methoxy groups -OCH3 is 1. The molecule has 1 rings (SSSR count). The van der Waals surface area contributed by atoms with E-state index < -0.39 is 0 Å². The number of hydrogen-bond acceptors (Lipinski definition) is 1. The SMILES string of the molecule is COCC=C1CCCCC1. The number of allylic oxidation sites excluding steroid dienone is 1. The summed E-state index contributed by atoms with van der Waals surface area (Å²) in [4.78, 5) is 0. The highest BCUT2D eigenvalue weighted by atomic mass is 16.5. The Morgan fingerprint density at radius 1 is 1.30 bits per heavy atom. The van der Waals surface area contributed by atoms with Gasteiger partial charge in [-0.15, -0.1) is 0 Å². The molecule has 1 nitrogen and oxygen atoms in total. The third-order valence-corrected chi connectivity index (χ3v) is 2.03. The summed E-state index contributed by atoms with van der Waals surface area (Å²) in [5, 5.41) is 0. The third-order valence-electron chi connectivity index (χ3n) is 2.03. The van der Waals surface area contributed by atoms with Gasteiger partial charge in [0.2, 0.25) is 0 Å². The van der Waals surface area contributed by atoms with Gasteiger partial charge in [-0.2, -0.15) is 0 Å². The lowest BCUT2D eigenvalue weighted by molar-refractivity contribution is 0.232. The van der Waals surface area contributed by atoms with Gasteiger partial charge in [-0.3, -0.25) is 0 Å². The maximum absolute atomic E-state index is 4.97. The first-order valence-corrected chi connectivity index (χ1v) is 4.10. The zero-order valence-electron chi connectivity index (χ0n) is 6.73. The highest BCUT2D eigenvalue weighted by Crippen LogP contribution is 2.22. The Kier molecular flexibility index (Phi) is 3.52. The van der Waals surface area contributed by atoms with Crippen LogP contribution in [0.3, 0.4) is 0 Å². The lowest BCUT2D eigenvalue weighted by Gasteiger charge is -2.12. The first kappa shape index (κ1) is 7.80. The van der Waals surface area contributed by atoms with Crippen LogP contribution in [0.1, 0.15) is 32.1 Å². The summed E-state index contributed by atoms with van der Waals surface area (Å²) in [6.07, 6.45) is 9.04. The molecule has 0 amide bonds. The summed E-state index contributed by atoms with van der Waals surface area (Å²) in [5.74, 6) is 0. The molecule has 1 aliphatic rings. The maximum atomic E-state index is 4.97. The predicted octanol–water partition coefficient (Wildman–Crippen LogP) is 2.52. The minimum absolute atomic E-state index is 0.801. The van der Waals surface area contributed by atoms with Crippen molar-refractivity contribution in [3.8, 4) is 0 Å². The molecule has 1 saturated carbocycles. The second kappa shape index (κ2) is 4.51. The lowest BCUT2D eigenvalue weighted by atomic mass is 9.95. The molecule has 0 aromatic rings.